The van der Waals surface area contributed by atoms with Gasteiger partial charge in [-0.25, -0.2) is 4.79 Å². The first-order valence-corrected chi connectivity index (χ1v) is 18.0. The summed E-state index contributed by atoms with van der Waals surface area (Å²) in [5.41, 5.74) is -1.20. The van der Waals surface area contributed by atoms with Crippen LogP contribution in [-0.4, -0.2) is 81.7 Å². The normalized spacial score (nSPS) is 24.1. The van der Waals surface area contributed by atoms with E-state index >= 15 is 0 Å². The number of rotatable bonds is 13. The summed E-state index contributed by atoms with van der Waals surface area (Å²) in [7, 11) is 0. The first-order chi connectivity index (χ1) is 21.8. The monoisotopic (exact) mass is 671 g/mol. The summed E-state index contributed by atoms with van der Waals surface area (Å²) in [5.74, 6) is 0.743. The lowest BCUT2D eigenvalue weighted by Gasteiger charge is -2.41. The fourth-order valence-electron chi connectivity index (χ4n) is 7.09. The Morgan fingerprint density at radius 3 is 2.23 bits per heavy atom. The smallest absolute Gasteiger partial charge is 0.315 e. The number of ketones is 1. The maximum absolute atomic E-state index is 14.4. The number of thioether (sulfide) groups is 1. The van der Waals surface area contributed by atoms with Crippen molar-refractivity contribution in [2.75, 3.05) is 18.8 Å². The molecule has 0 bridgehead atoms. The molecule has 0 aromatic rings. The largest absolute Gasteiger partial charge is 0.346 e. The Labute approximate surface area is 286 Å². The summed E-state index contributed by atoms with van der Waals surface area (Å²) in [6, 6.07) is -3.28. The number of nitrogens with one attached hydrogen (secondary N) is 4. The zero-order valence-electron chi connectivity index (χ0n) is 29.7. The molecule has 1 unspecified atom stereocenters. The fourth-order valence-corrected chi connectivity index (χ4v) is 8.16. The highest BCUT2D eigenvalue weighted by Crippen LogP contribution is 2.65. The van der Waals surface area contributed by atoms with E-state index in [0.717, 1.165) is 37.9 Å². The summed E-state index contributed by atoms with van der Waals surface area (Å²) >= 11 is 1.83. The van der Waals surface area contributed by atoms with Crippen molar-refractivity contribution in [2.45, 2.75) is 129 Å². The van der Waals surface area contributed by atoms with Gasteiger partial charge in [-0.3, -0.25) is 19.2 Å². The molecule has 0 spiro atoms. The van der Waals surface area contributed by atoms with E-state index in [2.05, 4.69) is 68.4 Å². The molecule has 10 nitrogen and oxygen atoms in total. The third-order valence-corrected chi connectivity index (χ3v) is 11.5. The van der Waals surface area contributed by atoms with Crippen molar-refractivity contribution in [3.8, 4) is 12.3 Å². The number of likely N-dealkylation sites (tertiary alicyclic amines) is 1. The van der Waals surface area contributed by atoms with Gasteiger partial charge >= 0.3 is 6.03 Å². The topological polar surface area (TPSA) is 137 Å². The number of hydrogen-bond acceptors (Lipinski definition) is 6. The zero-order valence-corrected chi connectivity index (χ0v) is 30.5. The van der Waals surface area contributed by atoms with E-state index in [1.54, 1.807) is 4.90 Å². The van der Waals surface area contributed by atoms with E-state index in [1.165, 1.54) is 6.08 Å². The molecule has 0 aromatic heterocycles. The lowest BCUT2D eigenvalue weighted by atomic mass is 9.83. The molecule has 1 aliphatic heterocycles. The van der Waals surface area contributed by atoms with Crippen molar-refractivity contribution in [1.29, 1.82) is 0 Å². The van der Waals surface area contributed by atoms with Gasteiger partial charge in [0.25, 0.3) is 5.91 Å². The summed E-state index contributed by atoms with van der Waals surface area (Å²) in [6.07, 6.45) is 12.2. The van der Waals surface area contributed by atoms with Crippen molar-refractivity contribution < 1.29 is 24.0 Å². The number of hydrogen-bond donors (Lipinski definition) is 4. The van der Waals surface area contributed by atoms with Crippen molar-refractivity contribution in [2.24, 2.45) is 22.7 Å². The van der Waals surface area contributed by atoms with Gasteiger partial charge in [0.2, 0.25) is 17.6 Å². The van der Waals surface area contributed by atoms with Gasteiger partial charge in [0, 0.05) is 30.0 Å². The first-order valence-electron chi connectivity index (χ1n) is 17.0. The second-order valence-electron chi connectivity index (χ2n) is 16.2. The molecule has 3 aliphatic rings. The van der Waals surface area contributed by atoms with Gasteiger partial charge in [-0.2, -0.15) is 11.8 Å². The molecule has 0 aromatic carbocycles. The molecule has 47 heavy (non-hydrogen) atoms. The molecule has 5 atom stereocenters. The van der Waals surface area contributed by atoms with E-state index < -0.39 is 41.1 Å². The Hall–Kier alpha value is -3.00. The van der Waals surface area contributed by atoms with E-state index in [-0.39, 0.29) is 58.9 Å². The quantitative estimate of drug-likeness (QED) is 0.132. The first kappa shape index (κ1) is 38.4. The van der Waals surface area contributed by atoms with Gasteiger partial charge in [-0.05, 0) is 41.9 Å². The summed E-state index contributed by atoms with van der Waals surface area (Å²) in [4.78, 5) is 69.2. The molecule has 1 heterocycles. The highest BCUT2D eigenvalue weighted by Gasteiger charge is 2.70. The third kappa shape index (κ3) is 9.55. The van der Waals surface area contributed by atoms with Crippen LogP contribution in [0.5, 0.6) is 0 Å². The van der Waals surface area contributed by atoms with Crippen LogP contribution in [0.2, 0.25) is 0 Å². The van der Waals surface area contributed by atoms with E-state index in [0.29, 0.717) is 6.54 Å². The van der Waals surface area contributed by atoms with E-state index in [1.807, 2.05) is 32.5 Å². The Morgan fingerprint density at radius 2 is 1.68 bits per heavy atom. The number of fused-ring (bicyclic) bond motifs is 1. The lowest BCUT2D eigenvalue weighted by Crippen LogP contribution is -2.63. The predicted molar refractivity (Wildman–Crippen MR) is 187 cm³/mol. The molecule has 1 saturated heterocycles. The molecule has 3 fully saturated rings. The Balaban J connectivity index is 1.83. The van der Waals surface area contributed by atoms with Crippen LogP contribution < -0.4 is 21.3 Å². The Bertz CT molecular complexity index is 1250. The average molecular weight is 672 g/mol. The molecular weight excluding hydrogens is 614 g/mol. The Kier molecular flexibility index (Phi) is 12.3. The minimum atomic E-state index is -1.14. The van der Waals surface area contributed by atoms with Crippen molar-refractivity contribution >= 4 is 41.3 Å². The lowest BCUT2D eigenvalue weighted by molar-refractivity contribution is -0.145. The van der Waals surface area contributed by atoms with Gasteiger partial charge < -0.3 is 26.2 Å². The van der Waals surface area contributed by atoms with Gasteiger partial charge in [0.15, 0.2) is 0 Å². The number of carbonyl (C=O) groups excluding carboxylic acids is 5. The number of nitrogens with zero attached hydrogens (tertiary/aromatic N) is 1. The zero-order chi connectivity index (χ0) is 35.4. The Morgan fingerprint density at radius 1 is 1.04 bits per heavy atom. The molecule has 4 N–H and O–H groups in total. The second-order valence-corrected chi connectivity index (χ2v) is 18.0. The van der Waals surface area contributed by atoms with Gasteiger partial charge in [0.05, 0.1) is 11.6 Å². The minimum Gasteiger partial charge on any atom is -0.346 e. The maximum atomic E-state index is 14.4. The molecular formula is C36H57N5O5S. The predicted octanol–water partition coefficient (Wildman–Crippen LogP) is 4.19. The molecule has 262 valence electrons. The number of Topliss-reactive ketones (excluding diaryl/α,β-unsaturated/α-hetero) is 1. The number of piperidine rings is 1. The molecule has 11 heteroatoms. The molecule has 5 amide bonds. The summed E-state index contributed by atoms with van der Waals surface area (Å²) < 4.78 is 0.0479. The van der Waals surface area contributed by atoms with Crippen molar-refractivity contribution in [3.05, 3.63) is 12.7 Å². The number of terminal acetylenes is 1. The van der Waals surface area contributed by atoms with Crippen LogP contribution in [0.15, 0.2) is 12.7 Å². The average Bonchev–Trinajstić information content (AvgIpc) is 3.29. The van der Waals surface area contributed by atoms with Crippen LogP contribution in [0.4, 0.5) is 4.79 Å². The van der Waals surface area contributed by atoms with Crippen molar-refractivity contribution in [1.82, 2.24) is 26.2 Å². The number of amides is 5. The minimum absolute atomic E-state index is 0.0479. The molecule has 2 aliphatic carbocycles. The van der Waals surface area contributed by atoms with Crippen LogP contribution in [-0.2, 0) is 19.2 Å². The summed E-state index contributed by atoms with van der Waals surface area (Å²) in [5, 5.41) is 11.5. The highest BCUT2D eigenvalue weighted by atomic mass is 32.2. The van der Waals surface area contributed by atoms with Crippen LogP contribution in [0.3, 0.4) is 0 Å². The van der Waals surface area contributed by atoms with Gasteiger partial charge in [0.1, 0.15) is 12.1 Å². The number of urea groups is 1. The van der Waals surface area contributed by atoms with Gasteiger partial charge in [-0.1, -0.05) is 80.7 Å². The number of carbonyl (C=O) groups is 5. The van der Waals surface area contributed by atoms with Crippen molar-refractivity contribution in [3.63, 3.8) is 0 Å². The summed E-state index contributed by atoms with van der Waals surface area (Å²) in [6.45, 7) is 20.3. The van der Waals surface area contributed by atoms with Crippen LogP contribution in [0, 0.1) is 35.0 Å². The highest BCUT2D eigenvalue weighted by molar-refractivity contribution is 8.00. The standard InChI is InChI=1S/C36H57N5O5S/c1-11-13-17-24(27(42)30(44)37-20-12-2)38-29(43)26-25-23(35(25,9)10)21-41(26)31(45)28(33(3,4)5)39-32(46)40-36(18-15-14-16-19-36)22-47-34(6,7)8/h1,12,23-26,28H,2,13-22H2,3-10H3,(H,37,44)(H,38,43)(H2,39,40,46)/t23-,24?,25-,26-,28+/m0/s1. The van der Waals surface area contributed by atoms with Crippen LogP contribution in [0.1, 0.15) is 100 Å². The van der Waals surface area contributed by atoms with Crippen LogP contribution in [0.25, 0.3) is 0 Å². The van der Waals surface area contributed by atoms with Gasteiger partial charge in [-0.15, -0.1) is 18.9 Å². The maximum Gasteiger partial charge on any atom is 0.315 e. The SMILES string of the molecule is C#CCCC(NC(=O)[C@@H]1[C@@H]2[C@H](CN1C(=O)[C@@H](NC(=O)NC1(CSC(C)(C)C)CCCCC1)C(C)(C)C)C2(C)C)C(=O)C(=O)NCC=C. The van der Waals surface area contributed by atoms with E-state index in [4.69, 9.17) is 6.42 Å². The molecule has 3 rings (SSSR count). The van der Waals surface area contributed by atoms with E-state index in [9.17, 15) is 24.0 Å². The molecule has 2 saturated carbocycles. The molecule has 0 radical (unpaired) electrons. The third-order valence-electron chi connectivity index (χ3n) is 9.96. The fraction of sp³-hybridized carbons (Fsp3) is 0.750. The second kappa shape index (κ2) is 15.0. The van der Waals surface area contributed by atoms with Crippen LogP contribution >= 0.6 is 11.8 Å².